The van der Waals surface area contributed by atoms with Crippen molar-refractivity contribution in [2.45, 2.75) is 13.8 Å². The molecule has 162 valence electrons. The number of hydrogen-bond donors (Lipinski definition) is 0. The topological polar surface area (TPSA) is 13.1 Å². The van der Waals surface area contributed by atoms with Gasteiger partial charge in [-0.1, -0.05) is 66.7 Å². The Kier molecular flexibility index (Phi) is 3.93. The van der Waals surface area contributed by atoms with E-state index in [1.165, 1.54) is 65.8 Å². The summed E-state index contributed by atoms with van der Waals surface area (Å²) in [6.07, 6.45) is 2.19. The Morgan fingerprint density at radius 3 is 2.18 bits per heavy atom. The van der Waals surface area contributed by atoms with Gasteiger partial charge < -0.3 is 4.74 Å². The summed E-state index contributed by atoms with van der Waals surface area (Å²) in [6.45, 7) is 4.40. The lowest BCUT2D eigenvalue weighted by Gasteiger charge is -2.24. The van der Waals surface area contributed by atoms with E-state index in [1.807, 2.05) is 0 Å². The quantitative estimate of drug-likeness (QED) is 0.187. The minimum Gasteiger partial charge on any atom is -0.455 e. The first-order valence-electron chi connectivity index (χ1n) is 11.8. The van der Waals surface area contributed by atoms with E-state index in [9.17, 15) is 0 Å². The van der Waals surface area contributed by atoms with Crippen LogP contribution in [0, 0.1) is 13.8 Å². The summed E-state index contributed by atoms with van der Waals surface area (Å²) in [4.78, 5) is 0. The molecule has 2 heterocycles. The van der Waals surface area contributed by atoms with Crippen molar-refractivity contribution in [1.82, 2.24) is 0 Å². The molecule has 6 aromatic rings. The molecule has 0 fully saturated rings. The van der Waals surface area contributed by atoms with Crippen LogP contribution >= 0.6 is 0 Å². The van der Waals surface area contributed by atoms with Crippen LogP contribution in [0.1, 0.15) is 11.1 Å². The molecule has 5 aromatic carbocycles. The van der Waals surface area contributed by atoms with Gasteiger partial charge in [0.2, 0.25) is 5.69 Å². The average molecular weight is 439 g/mol. The van der Waals surface area contributed by atoms with Crippen molar-refractivity contribution in [2.75, 3.05) is 0 Å². The largest absolute Gasteiger partial charge is 0.455 e. The van der Waals surface area contributed by atoms with E-state index in [1.54, 1.807) is 0 Å². The highest BCUT2D eigenvalue weighted by Crippen LogP contribution is 2.51. The van der Waals surface area contributed by atoms with Crippen LogP contribution in [0.4, 0.5) is 0 Å². The molecule has 1 aliphatic heterocycles. The smallest absolute Gasteiger partial charge is 0.228 e. The van der Waals surface area contributed by atoms with E-state index < -0.39 is 0 Å². The zero-order valence-electron chi connectivity index (χ0n) is 19.5. The monoisotopic (exact) mass is 438 g/mol. The normalized spacial score (nSPS) is 12.2. The van der Waals surface area contributed by atoms with Gasteiger partial charge in [0.15, 0.2) is 6.20 Å². The number of pyridine rings is 1. The molecule has 1 aliphatic rings. The fourth-order valence-corrected chi connectivity index (χ4v) is 5.72. The van der Waals surface area contributed by atoms with E-state index in [2.05, 4.69) is 117 Å². The van der Waals surface area contributed by atoms with Crippen molar-refractivity contribution in [3.8, 4) is 33.9 Å². The molecule has 2 nitrogen and oxygen atoms in total. The number of nitrogens with zero attached hydrogens (tertiary/aromatic N) is 1. The van der Waals surface area contributed by atoms with Gasteiger partial charge in [0.1, 0.15) is 18.5 Å². The molecule has 0 atom stereocenters. The zero-order valence-corrected chi connectivity index (χ0v) is 19.5. The Morgan fingerprint density at radius 2 is 1.38 bits per heavy atom. The van der Waals surface area contributed by atoms with Crippen LogP contribution in [0.25, 0.3) is 54.7 Å². The first kappa shape index (κ1) is 19.3. The van der Waals surface area contributed by atoms with Crippen LogP contribution in [-0.2, 0) is 7.05 Å². The summed E-state index contributed by atoms with van der Waals surface area (Å²) in [5.41, 5.74) is 7.35. The SMILES string of the molecule is Cc1c2c(c(C)c3ccccc13)-c1c3c(cc4ccc(-c5ccccc5)cc4c3cc[n+]1C)O2. The molecule has 0 bridgehead atoms. The maximum atomic E-state index is 6.73. The summed E-state index contributed by atoms with van der Waals surface area (Å²) in [6, 6.07) is 30.4. The molecule has 0 unspecified atom stereocenters. The Bertz CT molecular complexity index is 1800. The third-order valence-electron chi connectivity index (χ3n) is 7.43. The highest BCUT2D eigenvalue weighted by molar-refractivity contribution is 6.16. The molecule has 0 aliphatic carbocycles. The second-order valence-electron chi connectivity index (χ2n) is 9.34. The molecule has 7 rings (SSSR count). The second kappa shape index (κ2) is 6.91. The molecule has 0 radical (unpaired) electrons. The maximum absolute atomic E-state index is 6.73. The van der Waals surface area contributed by atoms with E-state index in [-0.39, 0.29) is 0 Å². The van der Waals surface area contributed by atoms with Gasteiger partial charge in [-0.2, -0.15) is 0 Å². The van der Waals surface area contributed by atoms with Crippen LogP contribution in [0.3, 0.4) is 0 Å². The second-order valence-corrected chi connectivity index (χ2v) is 9.34. The minimum atomic E-state index is 0.937. The Balaban J connectivity index is 1.61. The van der Waals surface area contributed by atoms with Crippen molar-refractivity contribution < 1.29 is 9.30 Å². The van der Waals surface area contributed by atoms with Gasteiger partial charge in [-0.15, -0.1) is 0 Å². The fraction of sp³-hybridized carbons (Fsp3) is 0.0938. The average Bonchev–Trinajstić information content (AvgIpc) is 2.88. The summed E-state index contributed by atoms with van der Waals surface area (Å²) < 4.78 is 8.99. The van der Waals surface area contributed by atoms with Gasteiger partial charge in [-0.3, -0.25) is 0 Å². The van der Waals surface area contributed by atoms with Crippen molar-refractivity contribution in [3.63, 3.8) is 0 Å². The summed E-state index contributed by atoms with van der Waals surface area (Å²) >= 11 is 0. The van der Waals surface area contributed by atoms with Crippen molar-refractivity contribution in [3.05, 3.63) is 102 Å². The highest BCUT2D eigenvalue weighted by atomic mass is 16.5. The maximum Gasteiger partial charge on any atom is 0.228 e. The number of hydrogen-bond acceptors (Lipinski definition) is 1. The van der Waals surface area contributed by atoms with Crippen LogP contribution in [-0.4, -0.2) is 0 Å². The Morgan fingerprint density at radius 1 is 0.647 bits per heavy atom. The lowest BCUT2D eigenvalue weighted by Crippen LogP contribution is -2.32. The Labute approximate surface area is 198 Å². The molecular weight excluding hydrogens is 414 g/mol. The van der Waals surface area contributed by atoms with Gasteiger partial charge in [0.05, 0.1) is 10.9 Å². The van der Waals surface area contributed by atoms with Crippen LogP contribution in [0.2, 0.25) is 0 Å². The molecule has 2 heteroatoms. The first-order chi connectivity index (χ1) is 16.6. The molecule has 0 saturated heterocycles. The molecule has 34 heavy (non-hydrogen) atoms. The predicted octanol–water partition coefficient (Wildman–Crippen LogP) is 8.03. The Hall–Kier alpha value is -4.17. The molecular formula is C32H24NO+. The molecule has 0 spiro atoms. The van der Waals surface area contributed by atoms with E-state index >= 15 is 0 Å². The van der Waals surface area contributed by atoms with Gasteiger partial charge in [0, 0.05) is 17.0 Å². The van der Waals surface area contributed by atoms with Crippen LogP contribution < -0.4 is 9.30 Å². The lowest BCUT2D eigenvalue weighted by atomic mass is 9.88. The highest BCUT2D eigenvalue weighted by Gasteiger charge is 2.32. The zero-order chi connectivity index (χ0) is 23.0. The van der Waals surface area contributed by atoms with Crippen LogP contribution in [0.15, 0.2) is 91.1 Å². The number of aromatic nitrogens is 1. The van der Waals surface area contributed by atoms with E-state index in [4.69, 9.17) is 4.74 Å². The van der Waals surface area contributed by atoms with Crippen molar-refractivity contribution in [2.24, 2.45) is 7.05 Å². The lowest BCUT2D eigenvalue weighted by molar-refractivity contribution is -0.659. The van der Waals surface area contributed by atoms with E-state index in [0.717, 1.165) is 11.5 Å². The molecule has 0 saturated carbocycles. The van der Waals surface area contributed by atoms with Crippen molar-refractivity contribution >= 4 is 32.3 Å². The summed E-state index contributed by atoms with van der Waals surface area (Å²) in [5, 5.41) is 7.41. The number of benzene rings is 5. The predicted molar refractivity (Wildman–Crippen MR) is 141 cm³/mol. The van der Waals surface area contributed by atoms with Crippen LogP contribution in [0.5, 0.6) is 11.5 Å². The van der Waals surface area contributed by atoms with Gasteiger partial charge >= 0.3 is 0 Å². The number of aryl methyl sites for hydroxylation is 3. The summed E-state index contributed by atoms with van der Waals surface area (Å²) in [5.74, 6) is 1.92. The molecule has 0 amide bonds. The minimum absolute atomic E-state index is 0.937. The summed E-state index contributed by atoms with van der Waals surface area (Å²) in [7, 11) is 2.14. The fourth-order valence-electron chi connectivity index (χ4n) is 5.72. The molecule has 1 aromatic heterocycles. The number of rotatable bonds is 1. The van der Waals surface area contributed by atoms with Gasteiger partial charge in [-0.05, 0) is 64.2 Å². The van der Waals surface area contributed by atoms with Gasteiger partial charge in [0.25, 0.3) is 0 Å². The third kappa shape index (κ3) is 2.54. The molecule has 0 N–H and O–H groups in total. The number of fused-ring (bicyclic) bond motifs is 5. The van der Waals surface area contributed by atoms with Crippen molar-refractivity contribution in [1.29, 1.82) is 0 Å². The van der Waals surface area contributed by atoms with E-state index in [0.29, 0.717) is 0 Å². The standard InChI is InChI=1S/C32H24NO/c1-19-24-11-7-8-12-25(24)20(2)32-29(19)31-30-26(15-16-33(31)3)27-17-22(21-9-5-4-6-10-21)13-14-23(27)18-28(30)34-32/h4-18H,1-3H3/q+1. The number of ether oxygens (including phenoxy) is 1. The van der Waals surface area contributed by atoms with Gasteiger partial charge in [-0.25, -0.2) is 4.57 Å². The first-order valence-corrected chi connectivity index (χ1v) is 11.8. The third-order valence-corrected chi connectivity index (χ3v) is 7.43.